The first-order valence-electron chi connectivity index (χ1n) is 9.14. The second-order valence-electron chi connectivity index (χ2n) is 7.79. The molecule has 0 radical (unpaired) electrons. The van der Waals surface area contributed by atoms with Crippen molar-refractivity contribution in [1.82, 2.24) is 0 Å². The second kappa shape index (κ2) is 9.47. The minimum atomic E-state index is -1.51. The van der Waals surface area contributed by atoms with E-state index in [4.69, 9.17) is 14.2 Å². The van der Waals surface area contributed by atoms with Crippen molar-refractivity contribution in [1.29, 1.82) is 0 Å². The molecule has 0 aromatic rings. The fraction of sp³-hybridized carbons (Fsp3) is 0.571. The molecule has 3 atom stereocenters. The number of allylic oxidation sites excluding steroid dienone is 4. The van der Waals surface area contributed by atoms with Gasteiger partial charge < -0.3 is 14.2 Å². The molecule has 0 amide bonds. The Labute approximate surface area is 158 Å². The van der Waals surface area contributed by atoms with E-state index in [1.54, 1.807) is 13.2 Å². The maximum absolute atomic E-state index is 13.0. The van der Waals surface area contributed by atoms with Gasteiger partial charge in [0, 0.05) is 19.4 Å². The van der Waals surface area contributed by atoms with Gasteiger partial charge in [0.2, 0.25) is 0 Å². The molecule has 4 nitrogen and oxygen atoms in total. The van der Waals surface area contributed by atoms with Gasteiger partial charge in [-0.25, -0.2) is 0 Å². The summed E-state index contributed by atoms with van der Waals surface area (Å²) in [5.74, 6) is 3.48. The van der Waals surface area contributed by atoms with Crippen molar-refractivity contribution >= 4 is 13.9 Å². The lowest BCUT2D eigenvalue weighted by molar-refractivity contribution is -0.151. The van der Waals surface area contributed by atoms with Crippen molar-refractivity contribution in [3.8, 4) is 11.5 Å². The summed E-state index contributed by atoms with van der Waals surface area (Å²) >= 11 is 0. The van der Waals surface area contributed by atoms with Crippen LogP contribution in [0.2, 0.25) is 19.6 Å². The van der Waals surface area contributed by atoms with Crippen LogP contribution >= 0.6 is 0 Å². The van der Waals surface area contributed by atoms with Gasteiger partial charge in [0.05, 0.1) is 24.7 Å². The fourth-order valence-electron chi connectivity index (χ4n) is 3.22. The highest BCUT2D eigenvalue weighted by Crippen LogP contribution is 2.41. The first-order valence-corrected chi connectivity index (χ1v) is 12.6. The Hall–Kier alpha value is -1.45. The minimum Gasteiger partial charge on any atom is -0.382 e. The van der Waals surface area contributed by atoms with E-state index in [0.29, 0.717) is 19.6 Å². The quantitative estimate of drug-likeness (QED) is 0.296. The van der Waals surface area contributed by atoms with Crippen LogP contribution < -0.4 is 0 Å². The van der Waals surface area contributed by atoms with Gasteiger partial charge in [-0.1, -0.05) is 50.0 Å². The average Bonchev–Trinajstić information content (AvgIpc) is 2.81. The molecule has 0 saturated carbocycles. The van der Waals surface area contributed by atoms with Gasteiger partial charge in [-0.15, -0.1) is 11.5 Å². The Morgan fingerprint density at radius 2 is 2.08 bits per heavy atom. The van der Waals surface area contributed by atoms with Crippen LogP contribution in [-0.2, 0) is 19.0 Å². The highest BCUT2D eigenvalue weighted by atomic mass is 28.3. The lowest BCUT2D eigenvalue weighted by Gasteiger charge is -2.36. The Morgan fingerprint density at radius 3 is 2.81 bits per heavy atom. The zero-order valence-electron chi connectivity index (χ0n) is 16.3. The van der Waals surface area contributed by atoms with Gasteiger partial charge in [-0.3, -0.25) is 4.79 Å². The second-order valence-corrected chi connectivity index (χ2v) is 12.5. The molecule has 0 N–H and O–H groups in total. The number of ether oxygens (including phenoxy) is 3. The average molecular weight is 375 g/mol. The summed E-state index contributed by atoms with van der Waals surface area (Å²) in [6, 6.07) is 0. The molecule has 0 aromatic heterocycles. The maximum Gasteiger partial charge on any atom is 0.168 e. The predicted octanol–water partition coefficient (Wildman–Crippen LogP) is 3.52. The number of fused-ring (bicyclic) bond motifs is 2. The van der Waals surface area contributed by atoms with E-state index in [9.17, 15) is 4.79 Å². The van der Waals surface area contributed by atoms with Crippen LogP contribution in [0.15, 0.2) is 36.5 Å². The van der Waals surface area contributed by atoms with Crippen LogP contribution in [-0.4, -0.2) is 47.1 Å². The van der Waals surface area contributed by atoms with Crippen molar-refractivity contribution in [2.45, 2.75) is 38.6 Å². The number of ketones is 1. The summed E-state index contributed by atoms with van der Waals surface area (Å²) in [5, 5.41) is 0. The zero-order valence-corrected chi connectivity index (χ0v) is 17.3. The fourth-order valence-corrected chi connectivity index (χ4v) is 3.84. The van der Waals surface area contributed by atoms with Crippen molar-refractivity contribution < 1.29 is 19.0 Å². The van der Waals surface area contributed by atoms with Crippen LogP contribution in [0.5, 0.6) is 0 Å². The number of methoxy groups -OCH3 is 1. The molecular formula is C21H30O4Si. The van der Waals surface area contributed by atoms with Gasteiger partial charge in [0.15, 0.2) is 5.78 Å². The Kier molecular flexibility index (Phi) is 7.60. The normalized spacial score (nSPS) is 27.6. The monoisotopic (exact) mass is 374 g/mol. The Balaban J connectivity index is 2.26. The van der Waals surface area contributed by atoms with E-state index >= 15 is 0 Å². The summed E-state index contributed by atoms with van der Waals surface area (Å²) in [6.07, 6.45) is 12.6. The van der Waals surface area contributed by atoms with Crippen molar-refractivity contribution in [3.05, 3.63) is 36.5 Å². The molecule has 2 aliphatic carbocycles. The standard InChI is InChI=1S/C21H30O4Si/c1-23-14-15-24-17-25-20-18-9-5-6-12-21(20,19(22)11-7-10-18)13-8-16-26(2,3)4/h5-7,9,11-12,18,20H,10,13-15,17H2,1-4H3/t18-,20-,21-/m0/s1. The molecule has 5 heteroatoms. The Bertz CT molecular complexity index is 633. The van der Waals surface area contributed by atoms with Crippen LogP contribution in [0.4, 0.5) is 0 Å². The number of hydrogen-bond acceptors (Lipinski definition) is 4. The lowest BCUT2D eigenvalue weighted by Crippen LogP contribution is -2.44. The van der Waals surface area contributed by atoms with Crippen LogP contribution in [0.1, 0.15) is 12.8 Å². The molecular weight excluding hydrogens is 344 g/mol. The topological polar surface area (TPSA) is 44.8 Å². The first kappa shape index (κ1) is 20.9. The van der Waals surface area contributed by atoms with E-state index in [1.165, 1.54) is 0 Å². The lowest BCUT2D eigenvalue weighted by atomic mass is 9.72. The predicted molar refractivity (Wildman–Crippen MR) is 106 cm³/mol. The van der Waals surface area contributed by atoms with Crippen molar-refractivity contribution in [3.63, 3.8) is 0 Å². The van der Waals surface area contributed by atoms with E-state index in [0.717, 1.165) is 6.42 Å². The summed E-state index contributed by atoms with van der Waals surface area (Å²) in [4.78, 5) is 13.0. The molecule has 142 valence electrons. The molecule has 0 saturated heterocycles. The van der Waals surface area contributed by atoms with E-state index < -0.39 is 13.5 Å². The summed E-state index contributed by atoms with van der Waals surface area (Å²) in [7, 11) is 0.130. The third kappa shape index (κ3) is 5.52. The molecule has 0 spiro atoms. The van der Waals surface area contributed by atoms with Gasteiger partial charge in [-0.05, 0) is 12.5 Å². The third-order valence-corrected chi connectivity index (χ3v) is 5.43. The first-order chi connectivity index (χ1) is 12.4. The molecule has 26 heavy (non-hydrogen) atoms. The molecule has 0 heterocycles. The van der Waals surface area contributed by atoms with E-state index in [2.05, 4.69) is 37.2 Å². The van der Waals surface area contributed by atoms with Gasteiger partial charge in [-0.2, -0.15) is 0 Å². The maximum atomic E-state index is 13.0. The number of carbonyl (C=O) groups is 1. The minimum absolute atomic E-state index is 0.0618. The largest absolute Gasteiger partial charge is 0.382 e. The van der Waals surface area contributed by atoms with Crippen molar-refractivity contribution in [2.75, 3.05) is 27.1 Å². The number of carbonyl (C=O) groups excluding carboxylic acids is 1. The third-order valence-electron chi connectivity index (χ3n) is 4.50. The summed E-state index contributed by atoms with van der Waals surface area (Å²) < 4.78 is 16.6. The van der Waals surface area contributed by atoms with Crippen LogP contribution in [0.25, 0.3) is 0 Å². The van der Waals surface area contributed by atoms with E-state index in [-0.39, 0.29) is 24.6 Å². The smallest absolute Gasteiger partial charge is 0.168 e. The van der Waals surface area contributed by atoms with E-state index in [1.807, 2.05) is 24.3 Å². The highest BCUT2D eigenvalue weighted by Gasteiger charge is 2.47. The zero-order chi connectivity index (χ0) is 19.0. The van der Waals surface area contributed by atoms with Crippen LogP contribution in [0, 0.1) is 22.8 Å². The highest BCUT2D eigenvalue weighted by molar-refractivity contribution is 6.83. The SMILES string of the molecule is COCCOCO[C@H]1[C@H]2C=CC=C[C@]1(CC#C[Si](C)(C)C)C(=O)C=CC2. The molecule has 0 unspecified atom stereocenters. The Morgan fingerprint density at radius 1 is 1.27 bits per heavy atom. The van der Waals surface area contributed by atoms with Gasteiger partial charge in [0.1, 0.15) is 14.9 Å². The summed E-state index contributed by atoms with van der Waals surface area (Å²) in [5.41, 5.74) is 2.62. The molecule has 0 aromatic carbocycles. The molecule has 2 aliphatic rings. The van der Waals surface area contributed by atoms with Gasteiger partial charge in [0.25, 0.3) is 0 Å². The van der Waals surface area contributed by atoms with Gasteiger partial charge >= 0.3 is 0 Å². The van der Waals surface area contributed by atoms with Crippen LogP contribution in [0.3, 0.4) is 0 Å². The molecule has 0 fully saturated rings. The van der Waals surface area contributed by atoms with Crippen molar-refractivity contribution in [2.24, 2.45) is 11.3 Å². The number of hydrogen-bond donors (Lipinski definition) is 0. The summed E-state index contributed by atoms with van der Waals surface area (Å²) in [6.45, 7) is 7.74. The molecule has 2 rings (SSSR count). The number of rotatable bonds is 7. The molecule has 0 aliphatic heterocycles. The molecule has 2 bridgehead atoms.